The van der Waals surface area contributed by atoms with Gasteiger partial charge in [-0.15, -0.1) is 0 Å². The van der Waals surface area contributed by atoms with E-state index >= 15 is 0 Å². The van der Waals surface area contributed by atoms with Crippen LogP contribution in [-0.4, -0.2) is 8.42 Å². The van der Waals surface area contributed by atoms with Crippen LogP contribution in [-0.2, 0) is 10.0 Å². The summed E-state index contributed by atoms with van der Waals surface area (Å²) in [4.78, 5) is -0.0546. The summed E-state index contributed by atoms with van der Waals surface area (Å²) in [6, 6.07) is 3.15. The number of hydrogen-bond donors (Lipinski definition) is 1. The average Bonchev–Trinajstić information content (AvgIpc) is 1.94. The van der Waals surface area contributed by atoms with E-state index in [4.69, 9.17) is 16.7 Å². The highest BCUT2D eigenvalue weighted by molar-refractivity contribution is 9.10. The lowest BCUT2D eigenvalue weighted by atomic mass is 10.2. The Morgan fingerprint density at radius 2 is 2.00 bits per heavy atom. The molecule has 0 saturated carbocycles. The Bertz CT molecular complexity index is 444. The fourth-order valence-electron chi connectivity index (χ4n) is 0.900. The van der Waals surface area contributed by atoms with Gasteiger partial charge in [0.25, 0.3) is 0 Å². The topological polar surface area (TPSA) is 60.2 Å². The van der Waals surface area contributed by atoms with Gasteiger partial charge in [-0.25, -0.2) is 13.6 Å². The third-order valence-corrected chi connectivity index (χ3v) is 3.75. The molecular formula is C7H7BrClNO2S. The van der Waals surface area contributed by atoms with Crippen molar-refractivity contribution in [2.75, 3.05) is 0 Å². The van der Waals surface area contributed by atoms with Gasteiger partial charge in [-0.1, -0.05) is 11.6 Å². The molecule has 2 N–H and O–H groups in total. The molecule has 0 aliphatic rings. The first-order valence-electron chi connectivity index (χ1n) is 3.31. The van der Waals surface area contributed by atoms with Crippen molar-refractivity contribution in [1.82, 2.24) is 0 Å². The molecule has 0 aliphatic heterocycles. The summed E-state index contributed by atoms with van der Waals surface area (Å²) in [6.45, 7) is 1.76. The third kappa shape index (κ3) is 2.43. The van der Waals surface area contributed by atoms with E-state index in [1.165, 1.54) is 6.07 Å². The van der Waals surface area contributed by atoms with Crippen LogP contribution in [0.15, 0.2) is 21.5 Å². The first-order chi connectivity index (χ1) is 5.82. The highest BCUT2D eigenvalue weighted by Crippen LogP contribution is 2.30. The Balaban J connectivity index is 3.56. The lowest BCUT2D eigenvalue weighted by Crippen LogP contribution is -2.13. The SMILES string of the molecule is Cc1cc(Br)c(Cl)c(S(N)(=O)=O)c1. The van der Waals surface area contributed by atoms with Crippen molar-refractivity contribution in [3.05, 3.63) is 27.2 Å². The number of sulfonamides is 1. The molecule has 0 bridgehead atoms. The summed E-state index contributed by atoms with van der Waals surface area (Å²) < 4.78 is 22.6. The van der Waals surface area contributed by atoms with Crippen molar-refractivity contribution in [3.63, 3.8) is 0 Å². The maximum Gasteiger partial charge on any atom is 0.239 e. The van der Waals surface area contributed by atoms with E-state index in [9.17, 15) is 8.42 Å². The molecular weight excluding hydrogens is 278 g/mol. The van der Waals surface area contributed by atoms with Crippen LogP contribution in [0.4, 0.5) is 0 Å². The van der Waals surface area contributed by atoms with Crippen LogP contribution >= 0.6 is 27.5 Å². The molecule has 0 aromatic heterocycles. The van der Waals surface area contributed by atoms with Crippen molar-refractivity contribution in [3.8, 4) is 0 Å². The van der Waals surface area contributed by atoms with Gasteiger partial charge in [-0.3, -0.25) is 0 Å². The van der Waals surface area contributed by atoms with Gasteiger partial charge in [0.15, 0.2) is 0 Å². The minimum absolute atomic E-state index is 0.0546. The minimum Gasteiger partial charge on any atom is -0.225 e. The van der Waals surface area contributed by atoms with Crippen LogP contribution in [0, 0.1) is 6.92 Å². The summed E-state index contributed by atoms with van der Waals surface area (Å²) in [6.07, 6.45) is 0. The molecule has 0 spiro atoms. The van der Waals surface area contributed by atoms with Crippen LogP contribution in [0.5, 0.6) is 0 Å². The monoisotopic (exact) mass is 283 g/mol. The number of benzene rings is 1. The number of rotatable bonds is 1. The maximum absolute atomic E-state index is 11.0. The second-order valence-corrected chi connectivity index (χ2v) is 5.37. The first-order valence-corrected chi connectivity index (χ1v) is 6.02. The second kappa shape index (κ2) is 3.57. The Morgan fingerprint density at radius 3 is 2.46 bits per heavy atom. The van der Waals surface area contributed by atoms with Crippen LogP contribution in [0.2, 0.25) is 5.02 Å². The van der Waals surface area contributed by atoms with E-state index in [2.05, 4.69) is 15.9 Å². The van der Waals surface area contributed by atoms with Gasteiger partial charge in [-0.2, -0.15) is 0 Å². The van der Waals surface area contributed by atoms with Crippen LogP contribution in [0.3, 0.4) is 0 Å². The van der Waals surface area contributed by atoms with Gasteiger partial charge in [0.2, 0.25) is 10.0 Å². The average molecular weight is 285 g/mol. The molecule has 0 saturated heterocycles. The van der Waals surface area contributed by atoms with Crippen LogP contribution in [0.25, 0.3) is 0 Å². The number of primary sulfonamides is 1. The molecule has 13 heavy (non-hydrogen) atoms. The number of hydrogen-bond acceptors (Lipinski definition) is 2. The quantitative estimate of drug-likeness (QED) is 0.858. The lowest BCUT2D eigenvalue weighted by molar-refractivity contribution is 0.597. The Labute approximate surface area is 90.1 Å². The fraction of sp³-hybridized carbons (Fsp3) is 0.143. The molecule has 0 fully saturated rings. The molecule has 0 heterocycles. The Kier molecular flexibility index (Phi) is 3.01. The molecule has 0 amide bonds. The highest BCUT2D eigenvalue weighted by atomic mass is 79.9. The van der Waals surface area contributed by atoms with Gasteiger partial charge in [0.05, 0.1) is 5.02 Å². The smallest absolute Gasteiger partial charge is 0.225 e. The molecule has 0 aliphatic carbocycles. The predicted octanol–water partition coefficient (Wildman–Crippen LogP) is 2.06. The van der Waals surface area contributed by atoms with Crippen molar-refractivity contribution >= 4 is 37.6 Å². The fourth-order valence-corrected chi connectivity index (χ4v) is 2.75. The van der Waals surface area contributed by atoms with Gasteiger partial charge >= 0.3 is 0 Å². The molecule has 0 atom stereocenters. The molecule has 1 rings (SSSR count). The maximum atomic E-state index is 11.0. The van der Waals surface area contributed by atoms with Crippen molar-refractivity contribution in [2.24, 2.45) is 5.14 Å². The summed E-state index contributed by atoms with van der Waals surface area (Å²) in [5.41, 5.74) is 0.778. The predicted molar refractivity (Wildman–Crippen MR) is 55.3 cm³/mol. The molecule has 6 heteroatoms. The second-order valence-electron chi connectivity index (χ2n) is 2.60. The van der Waals surface area contributed by atoms with Gasteiger partial charge < -0.3 is 0 Å². The third-order valence-electron chi connectivity index (χ3n) is 1.45. The minimum atomic E-state index is -3.74. The van der Waals surface area contributed by atoms with Crippen LogP contribution in [0.1, 0.15) is 5.56 Å². The summed E-state index contributed by atoms with van der Waals surface area (Å²) in [5.74, 6) is 0. The standard InChI is InChI=1S/C7H7BrClNO2S/c1-4-2-5(8)7(9)6(3-4)13(10,11)12/h2-3H,1H3,(H2,10,11,12). The Morgan fingerprint density at radius 1 is 1.46 bits per heavy atom. The normalized spacial score (nSPS) is 11.7. The molecule has 3 nitrogen and oxygen atoms in total. The van der Waals surface area contributed by atoms with Gasteiger partial charge in [0, 0.05) is 4.47 Å². The molecule has 0 unspecified atom stereocenters. The first kappa shape index (κ1) is 11.0. The molecule has 1 aromatic carbocycles. The largest absolute Gasteiger partial charge is 0.239 e. The van der Waals surface area contributed by atoms with Crippen molar-refractivity contribution in [1.29, 1.82) is 0 Å². The number of aryl methyl sites for hydroxylation is 1. The highest BCUT2D eigenvalue weighted by Gasteiger charge is 2.15. The van der Waals surface area contributed by atoms with E-state index in [-0.39, 0.29) is 9.92 Å². The van der Waals surface area contributed by atoms with Crippen molar-refractivity contribution < 1.29 is 8.42 Å². The van der Waals surface area contributed by atoms with E-state index in [0.29, 0.717) is 4.47 Å². The van der Waals surface area contributed by atoms with E-state index in [1.807, 2.05) is 0 Å². The van der Waals surface area contributed by atoms with Crippen LogP contribution < -0.4 is 5.14 Å². The van der Waals surface area contributed by atoms with E-state index in [0.717, 1.165) is 5.56 Å². The van der Waals surface area contributed by atoms with Crippen molar-refractivity contribution in [2.45, 2.75) is 11.8 Å². The Hall–Kier alpha value is -0.100. The zero-order chi connectivity index (χ0) is 10.2. The van der Waals surface area contributed by atoms with Gasteiger partial charge in [-0.05, 0) is 40.5 Å². The summed E-state index contributed by atoms with van der Waals surface area (Å²) in [5, 5.41) is 5.08. The van der Waals surface area contributed by atoms with E-state index in [1.54, 1.807) is 13.0 Å². The number of nitrogens with two attached hydrogens (primary N) is 1. The lowest BCUT2D eigenvalue weighted by Gasteiger charge is -2.04. The summed E-state index contributed by atoms with van der Waals surface area (Å²) in [7, 11) is -3.74. The van der Waals surface area contributed by atoms with Gasteiger partial charge in [0.1, 0.15) is 4.90 Å². The summed E-state index contributed by atoms with van der Waals surface area (Å²) >= 11 is 8.88. The molecule has 0 radical (unpaired) electrons. The zero-order valence-electron chi connectivity index (χ0n) is 6.71. The zero-order valence-corrected chi connectivity index (χ0v) is 9.87. The van der Waals surface area contributed by atoms with E-state index < -0.39 is 10.0 Å². The number of halogens is 2. The molecule has 72 valence electrons. The molecule has 1 aromatic rings.